The molecule has 0 fully saturated rings. The molecule has 1 atom stereocenters. The molecule has 0 aromatic heterocycles. The lowest BCUT2D eigenvalue weighted by atomic mass is 10.3. The van der Waals surface area contributed by atoms with E-state index in [0.717, 1.165) is 6.07 Å². The van der Waals surface area contributed by atoms with Crippen molar-refractivity contribution in [3.05, 3.63) is 29.0 Å². The number of anilines is 1. The third-order valence-electron chi connectivity index (χ3n) is 2.39. The zero-order valence-electron chi connectivity index (χ0n) is 10.2. The van der Waals surface area contributed by atoms with E-state index >= 15 is 0 Å². The minimum Gasteiger partial charge on any atom is -0.316 e. The molecule has 0 spiro atoms. The monoisotopic (exact) mass is 294 g/mol. The van der Waals surface area contributed by atoms with E-state index in [9.17, 15) is 12.8 Å². The van der Waals surface area contributed by atoms with E-state index in [1.54, 1.807) is 6.92 Å². The predicted molar refractivity (Wildman–Crippen MR) is 72.0 cm³/mol. The Morgan fingerprint density at radius 3 is 2.67 bits per heavy atom. The Morgan fingerprint density at radius 2 is 2.11 bits per heavy atom. The molecule has 0 radical (unpaired) electrons. The molecule has 102 valence electrons. The number of benzene rings is 1. The van der Waals surface area contributed by atoms with Gasteiger partial charge >= 0.3 is 0 Å². The molecule has 1 unspecified atom stereocenters. The Balaban J connectivity index is 2.78. The molecule has 0 bridgehead atoms. The first kappa shape index (κ1) is 15.2. The van der Waals surface area contributed by atoms with Crippen LogP contribution in [0.3, 0.4) is 0 Å². The Hall–Kier alpha value is -0.850. The minimum atomic E-state index is -3.51. The molecule has 7 heteroatoms. The van der Waals surface area contributed by atoms with Crippen LogP contribution in [0.15, 0.2) is 18.2 Å². The van der Waals surface area contributed by atoms with E-state index in [1.165, 1.54) is 12.1 Å². The molecule has 0 heterocycles. The number of sulfonamides is 1. The van der Waals surface area contributed by atoms with Gasteiger partial charge in [-0.05, 0) is 31.7 Å². The average molecular weight is 295 g/mol. The van der Waals surface area contributed by atoms with Crippen LogP contribution in [0, 0.1) is 5.82 Å². The molecule has 4 nitrogen and oxygen atoms in total. The van der Waals surface area contributed by atoms with Crippen LogP contribution in [-0.2, 0) is 10.0 Å². The van der Waals surface area contributed by atoms with Gasteiger partial charge in [0.1, 0.15) is 5.82 Å². The van der Waals surface area contributed by atoms with Gasteiger partial charge < -0.3 is 5.32 Å². The topological polar surface area (TPSA) is 58.2 Å². The highest BCUT2D eigenvalue weighted by molar-refractivity contribution is 7.93. The largest absolute Gasteiger partial charge is 0.316 e. The second-order valence-corrected chi connectivity index (χ2v) is 6.40. The summed E-state index contributed by atoms with van der Waals surface area (Å²) in [7, 11) is -3.51. The molecule has 0 aliphatic heterocycles. The number of hydrogen-bond donors (Lipinski definition) is 2. The highest BCUT2D eigenvalue weighted by atomic mass is 35.5. The Kier molecular flexibility index (Phi) is 5.37. The van der Waals surface area contributed by atoms with Crippen LogP contribution in [0.4, 0.5) is 10.1 Å². The molecule has 2 N–H and O–H groups in total. The summed E-state index contributed by atoms with van der Waals surface area (Å²) in [6.07, 6.45) is 0. The lowest BCUT2D eigenvalue weighted by Crippen LogP contribution is -2.34. The molecule has 0 aliphatic rings. The third-order valence-corrected chi connectivity index (χ3v) is 4.43. The molecule has 1 aromatic rings. The number of rotatable bonds is 6. The Labute approximate surface area is 112 Å². The van der Waals surface area contributed by atoms with Crippen molar-refractivity contribution in [2.24, 2.45) is 0 Å². The van der Waals surface area contributed by atoms with E-state index < -0.39 is 21.1 Å². The van der Waals surface area contributed by atoms with Crippen LogP contribution in [-0.4, -0.2) is 26.8 Å². The van der Waals surface area contributed by atoms with E-state index in [2.05, 4.69) is 10.0 Å². The molecular formula is C11H16ClFN2O2S. The molecular weight excluding hydrogens is 279 g/mol. The zero-order valence-corrected chi connectivity index (χ0v) is 11.8. The SMILES string of the molecule is CCNCC(C)S(=O)(=O)Nc1ccc(F)c(Cl)c1. The van der Waals surface area contributed by atoms with E-state index in [0.29, 0.717) is 13.1 Å². The Morgan fingerprint density at radius 1 is 1.44 bits per heavy atom. The van der Waals surface area contributed by atoms with Gasteiger partial charge in [0.15, 0.2) is 0 Å². The maximum absolute atomic E-state index is 12.9. The van der Waals surface area contributed by atoms with Gasteiger partial charge in [0, 0.05) is 6.54 Å². The van der Waals surface area contributed by atoms with E-state index in [-0.39, 0.29) is 10.7 Å². The summed E-state index contributed by atoms with van der Waals surface area (Å²) in [6, 6.07) is 3.70. The van der Waals surface area contributed by atoms with Crippen LogP contribution in [0.1, 0.15) is 13.8 Å². The van der Waals surface area contributed by atoms with Crippen LogP contribution < -0.4 is 10.0 Å². The quantitative estimate of drug-likeness (QED) is 0.846. The fourth-order valence-corrected chi connectivity index (χ4v) is 2.46. The van der Waals surface area contributed by atoms with Crippen molar-refractivity contribution in [1.29, 1.82) is 0 Å². The van der Waals surface area contributed by atoms with Crippen molar-refractivity contribution in [2.45, 2.75) is 19.1 Å². The molecule has 0 saturated carbocycles. The Bertz CT molecular complexity index is 508. The average Bonchev–Trinajstić information content (AvgIpc) is 2.30. The van der Waals surface area contributed by atoms with Crippen LogP contribution in [0.2, 0.25) is 5.02 Å². The maximum atomic E-state index is 12.9. The van der Waals surface area contributed by atoms with Gasteiger partial charge in [0.2, 0.25) is 10.0 Å². The summed E-state index contributed by atoms with van der Waals surface area (Å²) in [6.45, 7) is 4.53. The fourth-order valence-electron chi connectivity index (χ4n) is 1.28. The van der Waals surface area contributed by atoms with Gasteiger partial charge in [0.25, 0.3) is 0 Å². The van der Waals surface area contributed by atoms with Crippen molar-refractivity contribution < 1.29 is 12.8 Å². The first-order valence-corrected chi connectivity index (χ1v) is 7.46. The summed E-state index contributed by atoms with van der Waals surface area (Å²) >= 11 is 5.58. The van der Waals surface area contributed by atoms with Crippen LogP contribution in [0.5, 0.6) is 0 Å². The van der Waals surface area contributed by atoms with E-state index in [4.69, 9.17) is 11.6 Å². The van der Waals surface area contributed by atoms with Crippen molar-refractivity contribution in [3.8, 4) is 0 Å². The first-order chi connectivity index (χ1) is 8.36. The number of nitrogens with one attached hydrogen (secondary N) is 2. The molecule has 0 amide bonds. The zero-order chi connectivity index (χ0) is 13.8. The summed E-state index contributed by atoms with van der Waals surface area (Å²) < 4.78 is 39.1. The standard InChI is InChI=1S/C11H16ClFN2O2S/c1-3-14-7-8(2)18(16,17)15-9-4-5-11(13)10(12)6-9/h4-6,8,14-15H,3,7H2,1-2H3. The molecule has 18 heavy (non-hydrogen) atoms. The van der Waals surface area contributed by atoms with Crippen molar-refractivity contribution >= 4 is 27.3 Å². The second kappa shape index (κ2) is 6.36. The number of hydrogen-bond acceptors (Lipinski definition) is 3. The lowest BCUT2D eigenvalue weighted by Gasteiger charge is -2.15. The third kappa shape index (κ3) is 4.12. The first-order valence-electron chi connectivity index (χ1n) is 5.54. The molecule has 0 saturated heterocycles. The maximum Gasteiger partial charge on any atom is 0.236 e. The van der Waals surface area contributed by atoms with Crippen molar-refractivity contribution in [3.63, 3.8) is 0 Å². The number of halogens is 2. The van der Waals surface area contributed by atoms with Crippen molar-refractivity contribution in [1.82, 2.24) is 5.32 Å². The summed E-state index contributed by atoms with van der Waals surface area (Å²) in [5.41, 5.74) is 0.254. The van der Waals surface area contributed by atoms with Gasteiger partial charge in [-0.3, -0.25) is 4.72 Å². The minimum absolute atomic E-state index is 0.116. The van der Waals surface area contributed by atoms with E-state index in [1.807, 2.05) is 6.92 Å². The highest BCUT2D eigenvalue weighted by Gasteiger charge is 2.20. The smallest absolute Gasteiger partial charge is 0.236 e. The summed E-state index contributed by atoms with van der Waals surface area (Å²) in [5.74, 6) is -0.583. The fraction of sp³-hybridized carbons (Fsp3) is 0.455. The molecule has 0 aliphatic carbocycles. The van der Waals surface area contributed by atoms with Crippen LogP contribution in [0.25, 0.3) is 0 Å². The lowest BCUT2D eigenvalue weighted by molar-refractivity contribution is 0.579. The van der Waals surface area contributed by atoms with Gasteiger partial charge in [0.05, 0.1) is 16.0 Å². The summed E-state index contributed by atoms with van der Waals surface area (Å²) in [4.78, 5) is 0. The van der Waals surface area contributed by atoms with Gasteiger partial charge in [-0.1, -0.05) is 18.5 Å². The van der Waals surface area contributed by atoms with Gasteiger partial charge in [-0.2, -0.15) is 0 Å². The summed E-state index contributed by atoms with van der Waals surface area (Å²) in [5, 5.41) is 2.24. The normalized spacial score (nSPS) is 13.3. The van der Waals surface area contributed by atoms with Gasteiger partial charge in [-0.15, -0.1) is 0 Å². The predicted octanol–water partition coefficient (Wildman–Crippen LogP) is 2.22. The van der Waals surface area contributed by atoms with Crippen LogP contribution >= 0.6 is 11.6 Å². The van der Waals surface area contributed by atoms with Gasteiger partial charge in [-0.25, -0.2) is 12.8 Å². The molecule has 1 aromatic carbocycles. The molecule has 1 rings (SSSR count). The second-order valence-electron chi connectivity index (χ2n) is 3.89. The van der Waals surface area contributed by atoms with Crippen molar-refractivity contribution in [2.75, 3.05) is 17.8 Å². The highest BCUT2D eigenvalue weighted by Crippen LogP contribution is 2.20.